The van der Waals surface area contributed by atoms with Gasteiger partial charge >= 0.3 is 0 Å². The van der Waals surface area contributed by atoms with Gasteiger partial charge in [0.25, 0.3) is 0 Å². The quantitative estimate of drug-likeness (QED) is 0.473. The Hall–Kier alpha value is -2.31. The molecule has 0 unspecified atom stereocenters. The molecule has 3 rings (SSSR count). The molecule has 0 spiro atoms. The van der Waals surface area contributed by atoms with Crippen molar-refractivity contribution in [1.29, 1.82) is 0 Å². The fourth-order valence-electron chi connectivity index (χ4n) is 2.78. The zero-order valence-electron chi connectivity index (χ0n) is 15.8. The van der Waals surface area contributed by atoms with Crippen molar-refractivity contribution in [2.24, 2.45) is 10.2 Å². The lowest BCUT2D eigenvalue weighted by Crippen LogP contribution is -2.31. The first-order chi connectivity index (χ1) is 13.6. The molecule has 1 aliphatic rings. The normalized spacial score (nSPS) is 18.4. The van der Waals surface area contributed by atoms with Crippen molar-refractivity contribution >= 4 is 40.7 Å². The minimum Gasteiger partial charge on any atom is -0.497 e. The predicted octanol–water partition coefficient (Wildman–Crippen LogP) is 4.98. The van der Waals surface area contributed by atoms with E-state index in [1.54, 1.807) is 30.4 Å². The summed E-state index contributed by atoms with van der Waals surface area (Å²) in [7, 11) is 1.63. The van der Waals surface area contributed by atoms with E-state index in [4.69, 9.17) is 16.3 Å². The van der Waals surface area contributed by atoms with Crippen LogP contribution in [0.25, 0.3) is 0 Å². The summed E-state index contributed by atoms with van der Waals surface area (Å²) >= 11 is 7.38. The molecule has 28 heavy (non-hydrogen) atoms. The van der Waals surface area contributed by atoms with Gasteiger partial charge in [0.15, 0.2) is 5.17 Å². The lowest BCUT2D eigenvalue weighted by molar-refractivity contribution is -0.126. The lowest BCUT2D eigenvalue weighted by atomic mass is 10.2. The molecule has 0 aliphatic carbocycles. The van der Waals surface area contributed by atoms with E-state index >= 15 is 0 Å². The maximum absolute atomic E-state index is 12.8. The number of hydrogen-bond acceptors (Lipinski definition) is 5. The molecule has 1 heterocycles. The van der Waals surface area contributed by atoms with Gasteiger partial charge < -0.3 is 4.74 Å². The molecule has 1 aliphatic heterocycles. The van der Waals surface area contributed by atoms with Gasteiger partial charge in [-0.25, -0.2) is 0 Å². The van der Waals surface area contributed by atoms with Crippen LogP contribution in [0.5, 0.6) is 5.75 Å². The number of rotatable bonds is 7. The van der Waals surface area contributed by atoms with Gasteiger partial charge in [-0.15, -0.1) is 5.10 Å². The molecular formula is C21H22ClN3O2S. The minimum absolute atomic E-state index is 0.0862. The van der Waals surface area contributed by atoms with Gasteiger partial charge in [0.2, 0.25) is 5.91 Å². The highest BCUT2D eigenvalue weighted by atomic mass is 35.5. The zero-order chi connectivity index (χ0) is 19.9. The molecule has 0 bridgehead atoms. The van der Waals surface area contributed by atoms with E-state index in [9.17, 15) is 4.79 Å². The first kappa shape index (κ1) is 20.4. The molecule has 1 fully saturated rings. The maximum Gasteiger partial charge on any atom is 0.242 e. The van der Waals surface area contributed by atoms with Crippen LogP contribution in [0.2, 0.25) is 5.02 Å². The molecule has 146 valence electrons. The molecule has 0 N–H and O–H groups in total. The summed E-state index contributed by atoms with van der Waals surface area (Å²) in [6.45, 7) is 2.54. The fourth-order valence-corrected chi connectivity index (χ4v) is 4.12. The van der Waals surface area contributed by atoms with Crippen molar-refractivity contribution in [2.45, 2.75) is 31.6 Å². The topological polar surface area (TPSA) is 54.3 Å². The minimum atomic E-state index is -0.104. The number of hydrogen-bond donors (Lipinski definition) is 0. The second-order valence-corrected chi connectivity index (χ2v) is 7.95. The Morgan fingerprint density at radius 2 is 1.89 bits per heavy atom. The Bertz CT molecular complexity index is 866. The van der Waals surface area contributed by atoms with E-state index in [2.05, 4.69) is 17.1 Å². The van der Waals surface area contributed by atoms with Crippen LogP contribution in [-0.2, 0) is 11.3 Å². The first-order valence-corrected chi connectivity index (χ1v) is 10.3. The van der Waals surface area contributed by atoms with Crippen LogP contribution in [0.1, 0.15) is 30.9 Å². The van der Waals surface area contributed by atoms with Gasteiger partial charge in [0.05, 0.1) is 25.1 Å². The Balaban J connectivity index is 1.78. The van der Waals surface area contributed by atoms with E-state index < -0.39 is 0 Å². The molecule has 1 amide bonds. The third kappa shape index (κ3) is 5.14. The van der Waals surface area contributed by atoms with E-state index in [-0.39, 0.29) is 11.2 Å². The highest BCUT2D eigenvalue weighted by Crippen LogP contribution is 2.32. The molecule has 2 aromatic rings. The maximum atomic E-state index is 12.8. The van der Waals surface area contributed by atoms with Gasteiger partial charge in [-0.2, -0.15) is 5.10 Å². The summed E-state index contributed by atoms with van der Waals surface area (Å²) < 4.78 is 5.20. The SMILES string of the molecule is CCC[C@H]1S/C(=N\N=C/c2ccc(Cl)cc2)N(Cc2ccc(OC)cc2)C1=O. The van der Waals surface area contributed by atoms with E-state index in [1.165, 1.54) is 11.8 Å². The van der Waals surface area contributed by atoms with Crippen LogP contribution in [0.3, 0.4) is 0 Å². The summed E-state index contributed by atoms with van der Waals surface area (Å²) in [6, 6.07) is 15.0. The van der Waals surface area contributed by atoms with Crippen molar-refractivity contribution < 1.29 is 9.53 Å². The molecule has 2 aromatic carbocycles. The summed E-state index contributed by atoms with van der Waals surface area (Å²) in [6.07, 6.45) is 3.43. The van der Waals surface area contributed by atoms with Crippen LogP contribution in [-0.4, -0.2) is 34.5 Å². The molecule has 1 saturated heterocycles. The number of amidine groups is 1. The fraction of sp³-hybridized carbons (Fsp3) is 0.286. The van der Waals surface area contributed by atoms with Crippen LogP contribution in [0, 0.1) is 0 Å². The van der Waals surface area contributed by atoms with Crippen molar-refractivity contribution in [3.05, 3.63) is 64.7 Å². The number of carbonyl (C=O) groups excluding carboxylic acids is 1. The third-order valence-electron chi connectivity index (χ3n) is 4.29. The Kier molecular flexibility index (Phi) is 7.12. The number of benzene rings is 2. The van der Waals surface area contributed by atoms with Gasteiger partial charge in [0, 0.05) is 5.02 Å². The van der Waals surface area contributed by atoms with Crippen molar-refractivity contribution in [3.8, 4) is 5.75 Å². The number of ether oxygens (including phenoxy) is 1. The zero-order valence-corrected chi connectivity index (χ0v) is 17.4. The van der Waals surface area contributed by atoms with Gasteiger partial charge in [-0.1, -0.05) is 61.0 Å². The van der Waals surface area contributed by atoms with E-state index in [0.717, 1.165) is 29.7 Å². The molecule has 0 saturated carbocycles. The lowest BCUT2D eigenvalue weighted by Gasteiger charge is -2.16. The number of thioether (sulfide) groups is 1. The standard InChI is InChI=1S/C21H22ClN3O2S/c1-3-4-19-20(26)25(14-16-7-11-18(27-2)12-8-16)21(28-19)24-23-13-15-5-9-17(22)10-6-15/h5-13,19H,3-4,14H2,1-2H3/b23-13-,24-21-/t19-/m1/s1. The Morgan fingerprint density at radius 1 is 1.18 bits per heavy atom. The van der Waals surface area contributed by atoms with Crippen LogP contribution in [0.15, 0.2) is 58.7 Å². The summed E-state index contributed by atoms with van der Waals surface area (Å²) in [5.41, 5.74) is 1.91. The molecule has 1 atom stereocenters. The van der Waals surface area contributed by atoms with Crippen LogP contribution >= 0.6 is 23.4 Å². The smallest absolute Gasteiger partial charge is 0.242 e. The molecule has 7 heteroatoms. The summed E-state index contributed by atoms with van der Waals surface area (Å²) in [4.78, 5) is 14.6. The van der Waals surface area contributed by atoms with Crippen LogP contribution < -0.4 is 4.74 Å². The number of nitrogens with zero attached hydrogens (tertiary/aromatic N) is 3. The summed E-state index contributed by atoms with van der Waals surface area (Å²) in [5.74, 6) is 0.874. The van der Waals surface area contributed by atoms with Gasteiger partial charge in [0.1, 0.15) is 5.75 Å². The van der Waals surface area contributed by atoms with Crippen molar-refractivity contribution in [3.63, 3.8) is 0 Å². The van der Waals surface area contributed by atoms with Crippen LogP contribution in [0.4, 0.5) is 0 Å². The van der Waals surface area contributed by atoms with Crippen molar-refractivity contribution in [1.82, 2.24) is 4.90 Å². The number of carbonyl (C=O) groups is 1. The largest absolute Gasteiger partial charge is 0.497 e. The Labute approximate surface area is 174 Å². The van der Waals surface area contributed by atoms with E-state index in [0.29, 0.717) is 16.7 Å². The van der Waals surface area contributed by atoms with Crippen molar-refractivity contribution in [2.75, 3.05) is 7.11 Å². The number of amides is 1. The second kappa shape index (κ2) is 9.75. The van der Waals surface area contributed by atoms with Gasteiger partial charge in [-0.3, -0.25) is 9.69 Å². The first-order valence-electron chi connectivity index (χ1n) is 9.08. The summed E-state index contributed by atoms with van der Waals surface area (Å²) in [5, 5.41) is 9.72. The molecule has 5 nitrogen and oxygen atoms in total. The molecule has 0 radical (unpaired) electrons. The second-order valence-electron chi connectivity index (χ2n) is 6.35. The Morgan fingerprint density at radius 3 is 2.54 bits per heavy atom. The monoisotopic (exact) mass is 415 g/mol. The number of methoxy groups -OCH3 is 1. The highest BCUT2D eigenvalue weighted by Gasteiger charge is 2.37. The average Bonchev–Trinajstić information content (AvgIpc) is 2.99. The third-order valence-corrected chi connectivity index (χ3v) is 5.78. The average molecular weight is 416 g/mol. The molecular weight excluding hydrogens is 394 g/mol. The van der Waals surface area contributed by atoms with Gasteiger partial charge in [-0.05, 0) is 41.8 Å². The number of halogens is 1. The highest BCUT2D eigenvalue weighted by molar-refractivity contribution is 8.15. The predicted molar refractivity (Wildman–Crippen MR) is 116 cm³/mol. The molecule has 0 aromatic heterocycles. The van der Waals surface area contributed by atoms with E-state index in [1.807, 2.05) is 36.4 Å².